The van der Waals surface area contributed by atoms with Crippen LogP contribution in [0.4, 0.5) is 0 Å². The number of thioether (sulfide) groups is 1. The molecule has 7 heteroatoms. The van der Waals surface area contributed by atoms with Gasteiger partial charge >= 0.3 is 5.63 Å². The van der Waals surface area contributed by atoms with E-state index >= 15 is 0 Å². The molecule has 0 amide bonds. The lowest BCUT2D eigenvalue weighted by Gasteiger charge is -2.11. The molecule has 0 aliphatic heterocycles. The highest BCUT2D eigenvalue weighted by atomic mass is 32.2. The molecular weight excluding hydrogens is 432 g/mol. The summed E-state index contributed by atoms with van der Waals surface area (Å²) in [5.74, 6) is 1.34. The van der Waals surface area contributed by atoms with E-state index in [1.54, 1.807) is 30.2 Å². The van der Waals surface area contributed by atoms with Gasteiger partial charge in [-0.25, -0.2) is 4.79 Å². The molecule has 33 heavy (non-hydrogen) atoms. The van der Waals surface area contributed by atoms with Gasteiger partial charge < -0.3 is 4.42 Å². The van der Waals surface area contributed by atoms with Crippen molar-refractivity contribution in [2.45, 2.75) is 30.8 Å². The molecule has 0 spiro atoms. The Morgan fingerprint density at radius 3 is 2.64 bits per heavy atom. The van der Waals surface area contributed by atoms with Gasteiger partial charge in [-0.15, -0.1) is 10.2 Å². The highest BCUT2D eigenvalue weighted by molar-refractivity contribution is 7.98. The molecule has 5 aromatic rings. The predicted molar refractivity (Wildman–Crippen MR) is 130 cm³/mol. The monoisotopic (exact) mass is 454 g/mol. The second kappa shape index (κ2) is 9.42. The predicted octanol–water partition coefficient (Wildman–Crippen LogP) is 5.35. The molecule has 0 bridgehead atoms. The highest BCUT2D eigenvalue weighted by Gasteiger charge is 2.16. The van der Waals surface area contributed by atoms with Crippen molar-refractivity contribution < 1.29 is 4.42 Å². The fourth-order valence-corrected chi connectivity index (χ4v) is 4.70. The lowest BCUT2D eigenvalue weighted by atomic mass is 10.1. The minimum absolute atomic E-state index is 0.340. The van der Waals surface area contributed by atoms with E-state index in [4.69, 9.17) is 4.42 Å². The fourth-order valence-electron chi connectivity index (χ4n) is 3.77. The summed E-state index contributed by atoms with van der Waals surface area (Å²) in [6, 6.07) is 21.7. The van der Waals surface area contributed by atoms with Crippen LogP contribution in [0.1, 0.15) is 23.6 Å². The molecule has 0 aliphatic carbocycles. The normalized spacial score (nSPS) is 11.2. The van der Waals surface area contributed by atoms with E-state index in [1.165, 1.54) is 0 Å². The van der Waals surface area contributed by atoms with Crippen molar-refractivity contribution in [1.82, 2.24) is 19.7 Å². The fraction of sp³-hybridized carbons (Fsp3) is 0.154. The van der Waals surface area contributed by atoms with E-state index in [1.807, 2.05) is 42.5 Å². The maximum absolute atomic E-state index is 12.2. The van der Waals surface area contributed by atoms with Crippen LogP contribution in [0.5, 0.6) is 0 Å². The number of aryl methyl sites for hydroxylation is 1. The van der Waals surface area contributed by atoms with Gasteiger partial charge in [0, 0.05) is 35.2 Å². The minimum atomic E-state index is -0.340. The second-order valence-electron chi connectivity index (χ2n) is 7.68. The molecule has 0 fully saturated rings. The van der Waals surface area contributed by atoms with Crippen LogP contribution in [0.3, 0.4) is 0 Å². The van der Waals surface area contributed by atoms with Crippen LogP contribution in [0.25, 0.3) is 22.4 Å². The number of nitrogens with zero attached hydrogens (tertiary/aromatic N) is 4. The van der Waals surface area contributed by atoms with Crippen LogP contribution < -0.4 is 5.63 Å². The lowest BCUT2D eigenvalue weighted by molar-refractivity contribution is 0.559. The van der Waals surface area contributed by atoms with Crippen LogP contribution in [0.2, 0.25) is 0 Å². The second-order valence-corrected chi connectivity index (χ2v) is 8.63. The summed E-state index contributed by atoms with van der Waals surface area (Å²) in [4.78, 5) is 16.4. The number of hydrogen-bond acceptors (Lipinski definition) is 6. The number of pyridine rings is 1. The highest BCUT2D eigenvalue weighted by Crippen LogP contribution is 2.29. The van der Waals surface area contributed by atoms with Crippen LogP contribution >= 0.6 is 11.8 Å². The van der Waals surface area contributed by atoms with Crippen molar-refractivity contribution in [3.05, 3.63) is 106 Å². The molecule has 0 unspecified atom stereocenters. The summed E-state index contributed by atoms with van der Waals surface area (Å²) < 4.78 is 7.55. The van der Waals surface area contributed by atoms with Crippen molar-refractivity contribution in [1.29, 1.82) is 0 Å². The zero-order valence-corrected chi connectivity index (χ0v) is 19.0. The first-order valence-corrected chi connectivity index (χ1v) is 11.8. The number of aromatic nitrogens is 4. The molecule has 5 rings (SSSR count). The first-order valence-electron chi connectivity index (χ1n) is 10.8. The van der Waals surface area contributed by atoms with Gasteiger partial charge in [-0.3, -0.25) is 9.55 Å². The topological polar surface area (TPSA) is 73.8 Å². The van der Waals surface area contributed by atoms with Gasteiger partial charge in [-0.2, -0.15) is 0 Å². The molecule has 6 nitrogen and oxygen atoms in total. The summed E-state index contributed by atoms with van der Waals surface area (Å²) in [6.45, 7) is 2.72. The van der Waals surface area contributed by atoms with Crippen LogP contribution in [0, 0.1) is 0 Å². The van der Waals surface area contributed by atoms with E-state index in [0.717, 1.165) is 45.0 Å². The average Bonchev–Trinajstić information content (AvgIpc) is 3.25. The standard InChI is InChI=1S/C26H22N4O2S/c1-2-18-10-11-22-21(14-24(31)32-23(22)13-18)17-33-26-29-28-25(20-9-6-12-27-15-20)30(26)16-19-7-4-3-5-8-19/h3-15H,2,16-17H2,1H3. The van der Waals surface area contributed by atoms with Crippen molar-refractivity contribution in [3.63, 3.8) is 0 Å². The molecule has 164 valence electrons. The first kappa shape index (κ1) is 21.2. The Morgan fingerprint density at radius 1 is 0.970 bits per heavy atom. The zero-order chi connectivity index (χ0) is 22.6. The lowest BCUT2D eigenvalue weighted by Crippen LogP contribution is -2.05. The van der Waals surface area contributed by atoms with Crippen LogP contribution in [0.15, 0.2) is 93.5 Å². The third-order valence-corrected chi connectivity index (χ3v) is 6.50. The Morgan fingerprint density at radius 2 is 1.85 bits per heavy atom. The van der Waals surface area contributed by atoms with Gasteiger partial charge in [-0.05, 0) is 41.3 Å². The molecule has 3 aromatic heterocycles. The van der Waals surface area contributed by atoms with Crippen molar-refractivity contribution >= 4 is 22.7 Å². The Balaban J connectivity index is 1.50. The van der Waals surface area contributed by atoms with Gasteiger partial charge in [0.2, 0.25) is 0 Å². The maximum Gasteiger partial charge on any atom is 0.336 e. The quantitative estimate of drug-likeness (QED) is 0.244. The molecule has 0 radical (unpaired) electrons. The minimum Gasteiger partial charge on any atom is -0.423 e. The molecule has 0 aliphatic rings. The van der Waals surface area contributed by atoms with E-state index < -0.39 is 0 Å². The van der Waals surface area contributed by atoms with E-state index in [-0.39, 0.29) is 5.63 Å². The van der Waals surface area contributed by atoms with Crippen molar-refractivity contribution in [2.75, 3.05) is 0 Å². The SMILES string of the molecule is CCc1ccc2c(CSc3nnc(-c4cccnc4)n3Cc3ccccc3)cc(=O)oc2c1. The summed E-state index contributed by atoms with van der Waals surface area (Å²) in [7, 11) is 0. The molecule has 3 heterocycles. The van der Waals surface area contributed by atoms with Crippen molar-refractivity contribution in [3.8, 4) is 11.4 Å². The molecule has 0 N–H and O–H groups in total. The maximum atomic E-state index is 12.2. The molecule has 0 atom stereocenters. The van der Waals surface area contributed by atoms with E-state index in [9.17, 15) is 4.79 Å². The first-order chi connectivity index (χ1) is 16.2. The summed E-state index contributed by atoms with van der Waals surface area (Å²) in [5.41, 5.74) is 4.41. The van der Waals surface area contributed by atoms with E-state index in [0.29, 0.717) is 17.9 Å². The summed E-state index contributed by atoms with van der Waals surface area (Å²) >= 11 is 1.56. The Labute approximate surface area is 195 Å². The number of fused-ring (bicyclic) bond motifs is 1. The Bertz CT molecular complexity index is 1450. The largest absolute Gasteiger partial charge is 0.423 e. The third kappa shape index (κ3) is 4.59. The molecular formula is C26H22N4O2S. The van der Waals surface area contributed by atoms with E-state index in [2.05, 4.69) is 44.9 Å². The van der Waals surface area contributed by atoms with Gasteiger partial charge in [0.05, 0.1) is 6.54 Å². The molecule has 2 aromatic carbocycles. The van der Waals surface area contributed by atoms with Crippen LogP contribution in [-0.2, 0) is 18.7 Å². The Hall–Kier alpha value is -3.71. The molecule has 0 saturated carbocycles. The van der Waals surface area contributed by atoms with Gasteiger partial charge in [-0.1, -0.05) is 61.2 Å². The number of hydrogen-bond donors (Lipinski definition) is 0. The third-order valence-electron chi connectivity index (χ3n) is 5.48. The smallest absolute Gasteiger partial charge is 0.336 e. The molecule has 0 saturated heterocycles. The van der Waals surface area contributed by atoms with Crippen molar-refractivity contribution in [2.24, 2.45) is 0 Å². The van der Waals surface area contributed by atoms with Gasteiger partial charge in [0.25, 0.3) is 0 Å². The van der Waals surface area contributed by atoms with Gasteiger partial charge in [0.1, 0.15) is 5.58 Å². The van der Waals surface area contributed by atoms with Crippen LogP contribution in [-0.4, -0.2) is 19.7 Å². The summed E-state index contributed by atoms with van der Waals surface area (Å²) in [5, 5.41) is 10.7. The summed E-state index contributed by atoms with van der Waals surface area (Å²) in [6.07, 6.45) is 4.42. The zero-order valence-electron chi connectivity index (χ0n) is 18.1. The number of benzene rings is 2. The Kier molecular flexibility index (Phi) is 6.04. The van der Waals surface area contributed by atoms with Gasteiger partial charge in [0.15, 0.2) is 11.0 Å². The average molecular weight is 455 g/mol. The number of rotatable bonds is 7.